The summed E-state index contributed by atoms with van der Waals surface area (Å²) in [5.41, 5.74) is 2.00. The summed E-state index contributed by atoms with van der Waals surface area (Å²) in [5.74, 6) is -0.326. The van der Waals surface area contributed by atoms with Crippen LogP contribution in [-0.4, -0.2) is 17.3 Å². The van der Waals surface area contributed by atoms with E-state index in [0.29, 0.717) is 17.9 Å². The number of hydrogen-bond acceptors (Lipinski definition) is 5. The van der Waals surface area contributed by atoms with Crippen LogP contribution in [0, 0.1) is 0 Å². The lowest BCUT2D eigenvalue weighted by Gasteiger charge is -2.17. The molecule has 4 nitrogen and oxygen atoms in total. The van der Waals surface area contributed by atoms with E-state index < -0.39 is 0 Å². The highest BCUT2D eigenvalue weighted by atomic mass is 32.2. The lowest BCUT2D eigenvalue weighted by molar-refractivity contribution is 0.0526. The highest BCUT2D eigenvalue weighted by molar-refractivity contribution is 8.00. The van der Waals surface area contributed by atoms with Crippen molar-refractivity contribution >= 4 is 29.1 Å². The molecule has 0 bridgehead atoms. The Hall–Kier alpha value is -2.14. The van der Waals surface area contributed by atoms with Crippen LogP contribution in [0.25, 0.3) is 0 Å². The van der Waals surface area contributed by atoms with Crippen molar-refractivity contribution in [3.05, 3.63) is 54.1 Å². The molecule has 2 aromatic rings. The van der Waals surface area contributed by atoms with Crippen molar-refractivity contribution in [1.82, 2.24) is 0 Å². The molecule has 0 aliphatic heterocycles. The summed E-state index contributed by atoms with van der Waals surface area (Å²) in [6, 6.07) is 14.9. The molecule has 5 heteroatoms. The average molecular weight is 342 g/mol. The number of nitrogens with zero attached hydrogens (tertiary/aromatic N) is 2. The summed E-state index contributed by atoms with van der Waals surface area (Å²) in [5, 5.41) is 8.42. The number of esters is 1. The van der Waals surface area contributed by atoms with Crippen LogP contribution >= 0.6 is 11.8 Å². The molecule has 0 aliphatic carbocycles. The van der Waals surface area contributed by atoms with E-state index in [1.807, 2.05) is 36.0 Å². The number of benzene rings is 2. The minimum Gasteiger partial charge on any atom is -0.462 e. The second kappa shape index (κ2) is 8.11. The van der Waals surface area contributed by atoms with Crippen LogP contribution in [0.4, 0.5) is 11.4 Å². The average Bonchev–Trinajstić information content (AvgIpc) is 2.53. The fourth-order valence-electron chi connectivity index (χ4n) is 1.93. The van der Waals surface area contributed by atoms with Gasteiger partial charge in [0.05, 0.1) is 23.5 Å². The highest BCUT2D eigenvalue weighted by Gasteiger charge is 2.11. The van der Waals surface area contributed by atoms with Gasteiger partial charge in [-0.15, -0.1) is 11.8 Å². The Morgan fingerprint density at radius 2 is 1.46 bits per heavy atom. The minimum atomic E-state index is -0.326. The van der Waals surface area contributed by atoms with Crippen LogP contribution in [-0.2, 0) is 4.74 Å². The molecule has 0 aromatic heterocycles. The summed E-state index contributed by atoms with van der Waals surface area (Å²) in [6.45, 7) is 8.71. The van der Waals surface area contributed by atoms with E-state index >= 15 is 0 Å². The SMILES string of the molecule is CCOC(=O)c1ccc(/N=N/c2ccc(SC(C)(C)C)cc2)cc1. The molecule has 0 saturated heterocycles. The number of carbonyl (C=O) groups excluding carboxylic acids is 1. The molecule has 126 valence electrons. The monoisotopic (exact) mass is 342 g/mol. The first-order valence-electron chi connectivity index (χ1n) is 7.85. The Balaban J connectivity index is 2.01. The lowest BCUT2D eigenvalue weighted by Crippen LogP contribution is -2.06. The second-order valence-electron chi connectivity index (χ2n) is 6.18. The molecule has 24 heavy (non-hydrogen) atoms. The van der Waals surface area contributed by atoms with Gasteiger partial charge in [-0.3, -0.25) is 0 Å². The maximum atomic E-state index is 11.6. The molecule has 2 rings (SSSR count). The van der Waals surface area contributed by atoms with Crippen molar-refractivity contribution in [2.24, 2.45) is 10.2 Å². The zero-order valence-electron chi connectivity index (χ0n) is 14.4. The van der Waals surface area contributed by atoms with E-state index in [-0.39, 0.29) is 10.7 Å². The van der Waals surface area contributed by atoms with Gasteiger partial charge in [-0.1, -0.05) is 20.8 Å². The smallest absolute Gasteiger partial charge is 0.338 e. The van der Waals surface area contributed by atoms with Crippen LogP contribution < -0.4 is 0 Å². The van der Waals surface area contributed by atoms with Crippen LogP contribution in [0.2, 0.25) is 0 Å². The molecule has 0 unspecified atom stereocenters. The van der Waals surface area contributed by atoms with E-state index in [0.717, 1.165) is 5.69 Å². The number of rotatable bonds is 5. The predicted octanol–water partition coefficient (Wildman–Crippen LogP) is 6.17. The maximum Gasteiger partial charge on any atom is 0.338 e. The molecular formula is C19H22N2O2S. The largest absolute Gasteiger partial charge is 0.462 e. The van der Waals surface area contributed by atoms with Crippen molar-refractivity contribution in [1.29, 1.82) is 0 Å². The Morgan fingerprint density at radius 3 is 1.92 bits per heavy atom. The summed E-state index contributed by atoms with van der Waals surface area (Å²) in [4.78, 5) is 12.8. The van der Waals surface area contributed by atoms with Gasteiger partial charge in [-0.25, -0.2) is 4.79 Å². The Kier molecular flexibility index (Phi) is 6.15. The van der Waals surface area contributed by atoms with Gasteiger partial charge in [0.15, 0.2) is 0 Å². The molecule has 0 aliphatic rings. The molecule has 0 radical (unpaired) electrons. The quantitative estimate of drug-likeness (QED) is 0.371. The first kappa shape index (κ1) is 18.2. The Morgan fingerprint density at radius 1 is 0.958 bits per heavy atom. The van der Waals surface area contributed by atoms with E-state index in [1.54, 1.807) is 31.2 Å². The summed E-state index contributed by atoms with van der Waals surface area (Å²) < 4.78 is 5.13. The molecule has 0 fully saturated rings. The minimum absolute atomic E-state index is 0.184. The van der Waals surface area contributed by atoms with Crippen molar-refractivity contribution in [2.45, 2.75) is 37.3 Å². The third-order valence-electron chi connectivity index (χ3n) is 2.92. The summed E-state index contributed by atoms with van der Waals surface area (Å²) in [7, 11) is 0. The van der Waals surface area contributed by atoms with Gasteiger partial charge in [-0.2, -0.15) is 10.2 Å². The highest BCUT2D eigenvalue weighted by Crippen LogP contribution is 2.32. The van der Waals surface area contributed by atoms with E-state index in [1.165, 1.54) is 4.90 Å². The second-order valence-corrected chi connectivity index (χ2v) is 8.08. The molecule has 0 spiro atoms. The first-order chi connectivity index (χ1) is 11.4. The lowest BCUT2D eigenvalue weighted by atomic mass is 10.2. The van der Waals surface area contributed by atoms with Crippen LogP contribution in [0.3, 0.4) is 0 Å². The van der Waals surface area contributed by atoms with Crippen molar-refractivity contribution < 1.29 is 9.53 Å². The first-order valence-corrected chi connectivity index (χ1v) is 8.67. The third kappa shape index (κ3) is 5.81. The molecule has 0 atom stereocenters. The fourth-order valence-corrected chi connectivity index (χ4v) is 2.91. The number of thioether (sulfide) groups is 1. The number of ether oxygens (including phenoxy) is 1. The zero-order chi connectivity index (χ0) is 17.6. The molecule has 0 saturated carbocycles. The number of carbonyl (C=O) groups is 1. The summed E-state index contributed by atoms with van der Waals surface area (Å²) >= 11 is 1.82. The number of azo groups is 1. The maximum absolute atomic E-state index is 11.6. The normalized spacial score (nSPS) is 11.7. The van der Waals surface area contributed by atoms with Crippen LogP contribution in [0.5, 0.6) is 0 Å². The van der Waals surface area contributed by atoms with Gasteiger partial charge in [0.2, 0.25) is 0 Å². The van der Waals surface area contributed by atoms with Gasteiger partial charge in [0.1, 0.15) is 0 Å². The van der Waals surface area contributed by atoms with E-state index in [4.69, 9.17) is 4.74 Å². The van der Waals surface area contributed by atoms with Gasteiger partial charge in [0, 0.05) is 9.64 Å². The Bertz CT molecular complexity index is 702. The van der Waals surface area contributed by atoms with Crippen LogP contribution in [0.1, 0.15) is 38.1 Å². The summed E-state index contributed by atoms with van der Waals surface area (Å²) in [6.07, 6.45) is 0. The predicted molar refractivity (Wildman–Crippen MR) is 98.6 cm³/mol. The molecule has 0 heterocycles. The topological polar surface area (TPSA) is 51.0 Å². The van der Waals surface area contributed by atoms with Crippen molar-refractivity contribution in [3.63, 3.8) is 0 Å². The fraction of sp³-hybridized carbons (Fsp3) is 0.316. The van der Waals surface area contributed by atoms with Crippen molar-refractivity contribution in [2.75, 3.05) is 6.61 Å². The van der Waals surface area contributed by atoms with Gasteiger partial charge in [0.25, 0.3) is 0 Å². The third-order valence-corrected chi connectivity index (χ3v) is 4.04. The van der Waals surface area contributed by atoms with Gasteiger partial charge >= 0.3 is 5.97 Å². The molecular weight excluding hydrogens is 320 g/mol. The van der Waals surface area contributed by atoms with Gasteiger partial charge in [-0.05, 0) is 55.5 Å². The van der Waals surface area contributed by atoms with Gasteiger partial charge < -0.3 is 4.74 Å². The van der Waals surface area contributed by atoms with E-state index in [9.17, 15) is 4.79 Å². The van der Waals surface area contributed by atoms with Crippen molar-refractivity contribution in [3.8, 4) is 0 Å². The zero-order valence-corrected chi connectivity index (χ0v) is 15.3. The number of hydrogen-bond donors (Lipinski definition) is 0. The standard InChI is InChI=1S/C19H22N2O2S/c1-5-23-18(22)14-6-8-15(9-7-14)20-21-16-10-12-17(13-11-16)24-19(2,3)4/h6-13H,5H2,1-4H3/b21-20+. The van der Waals surface area contributed by atoms with Crippen LogP contribution in [0.15, 0.2) is 63.7 Å². The molecule has 0 N–H and O–H groups in total. The molecule has 2 aromatic carbocycles. The van der Waals surface area contributed by atoms with E-state index in [2.05, 4.69) is 31.0 Å². The Labute approximate surface area is 147 Å². The molecule has 0 amide bonds.